The molecule has 0 aliphatic rings. The van der Waals surface area contributed by atoms with Gasteiger partial charge in [-0.2, -0.15) is 9.59 Å². The molecule has 0 aliphatic carbocycles. The highest BCUT2D eigenvalue weighted by molar-refractivity contribution is 5.73. The summed E-state index contributed by atoms with van der Waals surface area (Å²) >= 11 is 0. The van der Waals surface area contributed by atoms with E-state index < -0.39 is 40.9 Å². The Balaban J connectivity index is 0.00000149. The lowest BCUT2D eigenvalue weighted by Gasteiger charge is -2.19. The molecule has 0 amide bonds. The minimum Gasteiger partial charge on any atom is -0.469 e. The number of nitrogens with zero attached hydrogens (tertiary/aromatic N) is 1. The third kappa shape index (κ3) is 5.91. The summed E-state index contributed by atoms with van der Waals surface area (Å²) in [5, 5.41) is 10.7. The Bertz CT molecular complexity index is 590. The molecule has 0 saturated carbocycles. The number of hydrogen-bond acceptors (Lipinski definition) is 6. The van der Waals surface area contributed by atoms with E-state index in [-0.39, 0.29) is 17.3 Å². The van der Waals surface area contributed by atoms with Crippen molar-refractivity contribution in [2.24, 2.45) is 5.92 Å². The predicted molar refractivity (Wildman–Crippen MR) is 71.9 cm³/mol. The van der Waals surface area contributed by atoms with Gasteiger partial charge < -0.3 is 4.74 Å². The minimum atomic E-state index is -0.956. The number of ether oxygens (including phenoxy) is 1. The number of halogens is 2. The zero-order valence-electron chi connectivity index (χ0n) is 12.7. The highest BCUT2D eigenvalue weighted by atomic mass is 19.1. The first kappa shape index (κ1) is 20.3. The van der Waals surface area contributed by atoms with Crippen molar-refractivity contribution < 1.29 is 32.8 Å². The van der Waals surface area contributed by atoms with Gasteiger partial charge in [-0.15, -0.1) is 0 Å². The summed E-state index contributed by atoms with van der Waals surface area (Å²) in [5.74, 6) is -4.11. The first-order valence-corrected chi connectivity index (χ1v) is 6.34. The second kappa shape index (κ2) is 9.37. The van der Waals surface area contributed by atoms with Gasteiger partial charge in [0.1, 0.15) is 11.6 Å². The van der Waals surface area contributed by atoms with Crippen LogP contribution in [0, 0.1) is 34.6 Å². The summed E-state index contributed by atoms with van der Waals surface area (Å²) in [7, 11) is 1.15. The molecule has 0 fully saturated rings. The number of carbonyl (C=O) groups is 1. The van der Waals surface area contributed by atoms with Gasteiger partial charge in [0.05, 0.1) is 18.9 Å². The second-order valence-electron chi connectivity index (χ2n) is 4.63. The fourth-order valence-corrected chi connectivity index (χ4v) is 1.94. The van der Waals surface area contributed by atoms with Crippen LogP contribution in [0.2, 0.25) is 0 Å². The maximum atomic E-state index is 13.6. The molecular weight excluding hydrogens is 316 g/mol. The molecule has 0 heterocycles. The van der Waals surface area contributed by atoms with Gasteiger partial charge >= 0.3 is 12.1 Å². The number of methoxy groups -OCH3 is 1. The van der Waals surface area contributed by atoms with E-state index in [1.807, 2.05) is 0 Å². The van der Waals surface area contributed by atoms with Crippen molar-refractivity contribution in [2.75, 3.05) is 13.7 Å². The quantitative estimate of drug-likeness (QED) is 0.463. The van der Waals surface area contributed by atoms with Crippen LogP contribution in [-0.4, -0.2) is 30.7 Å². The molecule has 23 heavy (non-hydrogen) atoms. The smallest absolute Gasteiger partial charge is 0.373 e. The van der Waals surface area contributed by atoms with Gasteiger partial charge in [0.25, 0.3) is 0 Å². The molecule has 0 aliphatic heterocycles. The minimum absolute atomic E-state index is 0.0696. The zero-order valence-corrected chi connectivity index (χ0v) is 12.7. The fourth-order valence-electron chi connectivity index (χ4n) is 1.94. The second-order valence-corrected chi connectivity index (χ2v) is 4.63. The van der Waals surface area contributed by atoms with Crippen LogP contribution in [0.4, 0.5) is 8.78 Å². The number of rotatable bonds is 5. The van der Waals surface area contributed by atoms with Crippen molar-refractivity contribution in [3.8, 4) is 0 Å². The summed E-state index contributed by atoms with van der Waals surface area (Å²) in [6.07, 6.45) is 0.250. The first-order chi connectivity index (χ1) is 10.7. The molecule has 1 aromatic rings. The number of hydrogen-bond donors (Lipinski definition) is 0. The molecule has 1 unspecified atom stereocenters. The molecule has 0 bridgehead atoms. The number of carbonyl (C=O) groups excluding carboxylic acids is 3. The summed E-state index contributed by atoms with van der Waals surface area (Å²) in [4.78, 5) is 37.8. The summed E-state index contributed by atoms with van der Waals surface area (Å²) < 4.78 is 31.6. The molecule has 9 heteroatoms. The molecule has 7 nitrogen and oxygen atoms in total. The van der Waals surface area contributed by atoms with Crippen LogP contribution in [-0.2, 0) is 19.1 Å². The number of nitro groups is 1. The van der Waals surface area contributed by atoms with E-state index in [2.05, 4.69) is 4.74 Å². The average molecular weight is 331 g/mol. The molecule has 0 N–H and O–H groups in total. The maximum absolute atomic E-state index is 13.6. The Kier molecular flexibility index (Phi) is 8.28. The third-order valence-corrected chi connectivity index (χ3v) is 3.25. The number of esters is 1. The van der Waals surface area contributed by atoms with Gasteiger partial charge in [0.2, 0.25) is 6.54 Å². The van der Waals surface area contributed by atoms with Gasteiger partial charge in [0.15, 0.2) is 0 Å². The molecule has 126 valence electrons. The van der Waals surface area contributed by atoms with Gasteiger partial charge in [-0.25, -0.2) is 8.78 Å². The lowest BCUT2D eigenvalue weighted by atomic mass is 9.86. The molecular formula is C14H15F2NO6. The van der Waals surface area contributed by atoms with E-state index in [1.54, 1.807) is 0 Å². The maximum Gasteiger partial charge on any atom is 0.373 e. The van der Waals surface area contributed by atoms with Crippen molar-refractivity contribution in [1.29, 1.82) is 0 Å². The van der Waals surface area contributed by atoms with E-state index in [9.17, 15) is 23.7 Å². The van der Waals surface area contributed by atoms with Crippen molar-refractivity contribution in [3.63, 3.8) is 0 Å². The molecule has 0 radical (unpaired) electrons. The van der Waals surface area contributed by atoms with Crippen LogP contribution < -0.4 is 0 Å². The van der Waals surface area contributed by atoms with Crippen molar-refractivity contribution >= 4 is 12.1 Å². The Labute approximate surface area is 130 Å². The van der Waals surface area contributed by atoms with Crippen LogP contribution in [0.25, 0.3) is 0 Å². The SMILES string of the molecule is COC(=O)C(C)[C@@H](C[N+](=O)[O-])c1cc(F)c(C)c(F)c1.O=C=O. The fraction of sp³-hybridized carbons (Fsp3) is 0.429. The first-order valence-electron chi connectivity index (χ1n) is 6.34. The molecule has 1 aromatic carbocycles. The van der Waals surface area contributed by atoms with Crippen molar-refractivity contribution in [2.45, 2.75) is 19.8 Å². The Hall–Kier alpha value is -2.67. The molecule has 0 saturated heterocycles. The standard InChI is InChI=1S/C13H15F2NO4.CO2/c1-7(13(17)20-3)10(6-16(18)19)9-4-11(14)8(2)12(15)5-9;2-1-3/h4-5,7,10H,6H2,1-3H3;/t7?,10-;/m1./s1. The molecule has 0 aromatic heterocycles. The van der Waals surface area contributed by atoms with Gasteiger partial charge in [-0.3, -0.25) is 14.9 Å². The molecule has 2 atom stereocenters. The van der Waals surface area contributed by atoms with E-state index in [0.717, 1.165) is 19.2 Å². The molecule has 0 spiro atoms. The van der Waals surface area contributed by atoms with E-state index >= 15 is 0 Å². The van der Waals surface area contributed by atoms with Crippen molar-refractivity contribution in [1.82, 2.24) is 0 Å². The monoisotopic (exact) mass is 331 g/mol. The normalized spacial score (nSPS) is 12.2. The van der Waals surface area contributed by atoms with Gasteiger partial charge in [-0.1, -0.05) is 6.92 Å². The van der Waals surface area contributed by atoms with Gasteiger partial charge in [0, 0.05) is 10.5 Å². The summed E-state index contributed by atoms with van der Waals surface area (Å²) in [6.45, 7) is 2.08. The summed E-state index contributed by atoms with van der Waals surface area (Å²) in [6, 6.07) is 2.04. The topological polar surface area (TPSA) is 104 Å². The lowest BCUT2D eigenvalue weighted by Crippen LogP contribution is -2.26. The summed E-state index contributed by atoms with van der Waals surface area (Å²) in [5.41, 5.74) is -0.0977. The average Bonchev–Trinajstić information content (AvgIpc) is 2.48. The third-order valence-electron chi connectivity index (χ3n) is 3.25. The highest BCUT2D eigenvalue weighted by Crippen LogP contribution is 2.28. The Morgan fingerprint density at radius 2 is 1.78 bits per heavy atom. The van der Waals surface area contributed by atoms with Crippen LogP contribution in [0.1, 0.15) is 24.0 Å². The van der Waals surface area contributed by atoms with Crippen LogP contribution >= 0.6 is 0 Å². The largest absolute Gasteiger partial charge is 0.469 e. The van der Waals surface area contributed by atoms with Crippen LogP contribution in [0.5, 0.6) is 0 Å². The molecule has 1 rings (SSSR count). The Morgan fingerprint density at radius 1 is 1.35 bits per heavy atom. The van der Waals surface area contributed by atoms with E-state index in [4.69, 9.17) is 9.59 Å². The Morgan fingerprint density at radius 3 is 2.13 bits per heavy atom. The van der Waals surface area contributed by atoms with Crippen LogP contribution in [0.15, 0.2) is 12.1 Å². The van der Waals surface area contributed by atoms with E-state index in [0.29, 0.717) is 0 Å². The van der Waals surface area contributed by atoms with Gasteiger partial charge in [-0.05, 0) is 24.6 Å². The van der Waals surface area contributed by atoms with E-state index in [1.165, 1.54) is 13.8 Å². The van der Waals surface area contributed by atoms with Crippen LogP contribution in [0.3, 0.4) is 0 Å². The highest BCUT2D eigenvalue weighted by Gasteiger charge is 2.31. The lowest BCUT2D eigenvalue weighted by molar-refractivity contribution is -0.484. The number of benzene rings is 1. The predicted octanol–water partition coefficient (Wildman–Crippen LogP) is 1.86. The zero-order chi connectivity index (χ0) is 18.2. The van der Waals surface area contributed by atoms with Crippen molar-refractivity contribution in [3.05, 3.63) is 45.0 Å².